The van der Waals surface area contributed by atoms with E-state index in [9.17, 15) is 9.18 Å². The van der Waals surface area contributed by atoms with E-state index in [-0.39, 0.29) is 11.7 Å². The SMILES string of the molecule is O=C(c1cc(CN2CCOCC2)on1)N1CCN(c2ccc(F)cc2)CC1. The van der Waals surface area contributed by atoms with E-state index in [0.717, 1.165) is 32.0 Å². The summed E-state index contributed by atoms with van der Waals surface area (Å²) in [5.74, 6) is 0.349. The van der Waals surface area contributed by atoms with E-state index in [1.807, 2.05) is 0 Å². The smallest absolute Gasteiger partial charge is 0.276 e. The number of piperazine rings is 1. The minimum absolute atomic E-state index is 0.106. The predicted molar refractivity (Wildman–Crippen MR) is 97.1 cm³/mol. The van der Waals surface area contributed by atoms with Gasteiger partial charge in [0.2, 0.25) is 0 Å². The van der Waals surface area contributed by atoms with Crippen LogP contribution in [0.3, 0.4) is 0 Å². The van der Waals surface area contributed by atoms with Gasteiger partial charge in [-0.05, 0) is 24.3 Å². The normalized spacial score (nSPS) is 18.7. The van der Waals surface area contributed by atoms with Crippen LogP contribution in [0.2, 0.25) is 0 Å². The van der Waals surface area contributed by atoms with Crippen molar-refractivity contribution in [1.82, 2.24) is 15.0 Å². The Kier molecular flexibility index (Phi) is 5.35. The number of aromatic nitrogens is 1. The molecule has 27 heavy (non-hydrogen) atoms. The zero-order chi connectivity index (χ0) is 18.6. The highest BCUT2D eigenvalue weighted by molar-refractivity contribution is 5.92. The Bertz CT molecular complexity index is 766. The van der Waals surface area contributed by atoms with E-state index < -0.39 is 0 Å². The van der Waals surface area contributed by atoms with Gasteiger partial charge in [-0.2, -0.15) is 0 Å². The number of carbonyl (C=O) groups excluding carboxylic acids is 1. The highest BCUT2D eigenvalue weighted by Crippen LogP contribution is 2.18. The number of amides is 1. The minimum atomic E-state index is -0.244. The molecule has 1 aromatic heterocycles. The summed E-state index contributed by atoms with van der Waals surface area (Å²) in [6.45, 7) is 6.40. The van der Waals surface area contributed by atoms with Gasteiger partial charge in [0, 0.05) is 51.0 Å². The first-order valence-electron chi connectivity index (χ1n) is 9.24. The van der Waals surface area contributed by atoms with E-state index in [4.69, 9.17) is 9.26 Å². The van der Waals surface area contributed by atoms with E-state index in [0.29, 0.717) is 44.2 Å². The van der Waals surface area contributed by atoms with E-state index >= 15 is 0 Å². The number of rotatable bonds is 4. The fraction of sp³-hybridized carbons (Fsp3) is 0.474. The number of nitrogens with zero attached hydrogens (tertiary/aromatic N) is 4. The first-order chi connectivity index (χ1) is 13.2. The van der Waals surface area contributed by atoms with Crippen LogP contribution in [0.25, 0.3) is 0 Å². The van der Waals surface area contributed by atoms with Crippen LogP contribution in [-0.4, -0.2) is 73.3 Å². The quantitative estimate of drug-likeness (QED) is 0.810. The molecule has 0 bridgehead atoms. The topological polar surface area (TPSA) is 62.1 Å². The summed E-state index contributed by atoms with van der Waals surface area (Å²) in [7, 11) is 0. The summed E-state index contributed by atoms with van der Waals surface area (Å²) in [6, 6.07) is 8.19. The van der Waals surface area contributed by atoms with Crippen molar-refractivity contribution >= 4 is 11.6 Å². The molecule has 3 heterocycles. The fourth-order valence-electron chi connectivity index (χ4n) is 3.45. The molecular formula is C19H23FN4O3. The molecule has 2 aliphatic heterocycles. The maximum absolute atomic E-state index is 13.1. The second-order valence-corrected chi connectivity index (χ2v) is 6.82. The summed E-state index contributed by atoms with van der Waals surface area (Å²) in [4.78, 5) is 18.9. The van der Waals surface area contributed by atoms with Gasteiger partial charge in [0.05, 0.1) is 19.8 Å². The zero-order valence-electron chi connectivity index (χ0n) is 15.1. The average Bonchev–Trinajstić information content (AvgIpc) is 3.17. The number of halogens is 1. The summed E-state index contributed by atoms with van der Waals surface area (Å²) in [5, 5.41) is 3.96. The first-order valence-corrected chi connectivity index (χ1v) is 9.24. The van der Waals surface area contributed by atoms with Crippen LogP contribution in [-0.2, 0) is 11.3 Å². The fourth-order valence-corrected chi connectivity index (χ4v) is 3.45. The van der Waals surface area contributed by atoms with E-state index in [1.54, 1.807) is 23.1 Å². The molecule has 2 aliphatic rings. The van der Waals surface area contributed by atoms with Crippen LogP contribution in [0.5, 0.6) is 0 Å². The van der Waals surface area contributed by atoms with Gasteiger partial charge < -0.3 is 19.1 Å². The molecule has 8 heteroatoms. The molecule has 7 nitrogen and oxygen atoms in total. The third-order valence-corrected chi connectivity index (χ3v) is 5.02. The number of hydrogen-bond acceptors (Lipinski definition) is 6. The Hall–Kier alpha value is -2.45. The molecule has 0 spiro atoms. The predicted octanol–water partition coefficient (Wildman–Crippen LogP) is 1.61. The molecule has 4 rings (SSSR count). The molecule has 0 unspecified atom stereocenters. The molecule has 0 saturated carbocycles. The lowest BCUT2D eigenvalue weighted by Gasteiger charge is -2.35. The molecule has 1 amide bonds. The van der Waals surface area contributed by atoms with Crippen LogP contribution in [0, 0.1) is 5.82 Å². The van der Waals surface area contributed by atoms with Crippen molar-refractivity contribution < 1.29 is 18.4 Å². The average molecular weight is 374 g/mol. The molecule has 0 atom stereocenters. The number of anilines is 1. The summed E-state index contributed by atoms with van der Waals surface area (Å²) in [6.07, 6.45) is 0. The molecule has 0 N–H and O–H groups in total. The molecule has 1 aromatic carbocycles. The van der Waals surface area contributed by atoms with E-state index in [2.05, 4.69) is 15.0 Å². The summed E-state index contributed by atoms with van der Waals surface area (Å²) < 4.78 is 23.8. The lowest BCUT2D eigenvalue weighted by atomic mass is 10.2. The van der Waals surface area contributed by atoms with Crippen molar-refractivity contribution in [3.8, 4) is 0 Å². The monoisotopic (exact) mass is 374 g/mol. The molecular weight excluding hydrogens is 351 g/mol. The summed E-state index contributed by atoms with van der Waals surface area (Å²) >= 11 is 0. The Balaban J connectivity index is 1.32. The van der Waals surface area contributed by atoms with Crippen molar-refractivity contribution in [2.75, 3.05) is 57.4 Å². The van der Waals surface area contributed by atoms with Gasteiger partial charge in [0.25, 0.3) is 5.91 Å². The van der Waals surface area contributed by atoms with Crippen molar-refractivity contribution in [2.24, 2.45) is 0 Å². The Morgan fingerprint density at radius 3 is 2.44 bits per heavy atom. The highest BCUT2D eigenvalue weighted by Gasteiger charge is 2.25. The second-order valence-electron chi connectivity index (χ2n) is 6.82. The number of hydrogen-bond donors (Lipinski definition) is 0. The van der Waals surface area contributed by atoms with Gasteiger partial charge in [-0.3, -0.25) is 9.69 Å². The molecule has 2 aromatic rings. The lowest BCUT2D eigenvalue weighted by Crippen LogP contribution is -2.48. The van der Waals surface area contributed by atoms with Crippen molar-refractivity contribution in [2.45, 2.75) is 6.54 Å². The molecule has 144 valence electrons. The van der Waals surface area contributed by atoms with Crippen LogP contribution in [0.1, 0.15) is 16.2 Å². The van der Waals surface area contributed by atoms with Crippen molar-refractivity contribution in [3.05, 3.63) is 47.6 Å². The minimum Gasteiger partial charge on any atom is -0.379 e. The zero-order valence-corrected chi connectivity index (χ0v) is 15.1. The highest BCUT2D eigenvalue weighted by atomic mass is 19.1. The van der Waals surface area contributed by atoms with Gasteiger partial charge in [0.15, 0.2) is 11.5 Å². The van der Waals surface area contributed by atoms with Gasteiger partial charge in [-0.15, -0.1) is 0 Å². The molecule has 2 fully saturated rings. The largest absolute Gasteiger partial charge is 0.379 e. The van der Waals surface area contributed by atoms with Crippen molar-refractivity contribution in [3.63, 3.8) is 0 Å². The number of ether oxygens (including phenoxy) is 1. The standard InChI is InChI=1S/C19H23FN4O3/c20-15-1-3-16(4-2-15)23-5-7-24(8-6-23)19(25)18-13-17(27-21-18)14-22-9-11-26-12-10-22/h1-4,13H,5-12,14H2. The van der Waals surface area contributed by atoms with Crippen molar-refractivity contribution in [1.29, 1.82) is 0 Å². The molecule has 2 saturated heterocycles. The molecule has 0 aliphatic carbocycles. The maximum atomic E-state index is 13.1. The second kappa shape index (κ2) is 8.06. The van der Waals surface area contributed by atoms with E-state index in [1.165, 1.54) is 12.1 Å². The lowest BCUT2D eigenvalue weighted by molar-refractivity contribution is 0.0305. The van der Waals surface area contributed by atoms with Gasteiger partial charge in [-0.25, -0.2) is 4.39 Å². The third-order valence-electron chi connectivity index (χ3n) is 5.02. The number of morpholine rings is 1. The first kappa shape index (κ1) is 17.9. The Morgan fingerprint density at radius 1 is 1.04 bits per heavy atom. The Labute approximate surface area is 157 Å². The Morgan fingerprint density at radius 2 is 1.74 bits per heavy atom. The molecule has 0 radical (unpaired) electrons. The third kappa shape index (κ3) is 4.28. The van der Waals surface area contributed by atoms with Gasteiger partial charge in [0.1, 0.15) is 5.82 Å². The van der Waals surface area contributed by atoms with Crippen LogP contribution < -0.4 is 4.90 Å². The van der Waals surface area contributed by atoms with Crippen LogP contribution in [0.15, 0.2) is 34.9 Å². The van der Waals surface area contributed by atoms with Gasteiger partial charge >= 0.3 is 0 Å². The van der Waals surface area contributed by atoms with Crippen LogP contribution >= 0.6 is 0 Å². The number of carbonyl (C=O) groups is 1. The van der Waals surface area contributed by atoms with Gasteiger partial charge in [-0.1, -0.05) is 5.16 Å². The van der Waals surface area contributed by atoms with Crippen LogP contribution in [0.4, 0.5) is 10.1 Å². The maximum Gasteiger partial charge on any atom is 0.276 e. The summed E-state index contributed by atoms with van der Waals surface area (Å²) in [5.41, 5.74) is 1.33. The number of benzene rings is 1.